The van der Waals surface area contributed by atoms with Gasteiger partial charge in [-0.2, -0.15) is 0 Å². The third-order valence-electron chi connectivity index (χ3n) is 6.67. The number of rotatable bonds is 3. The lowest BCUT2D eigenvalue weighted by Crippen LogP contribution is -2.55. The summed E-state index contributed by atoms with van der Waals surface area (Å²) in [7, 11) is 0. The van der Waals surface area contributed by atoms with Crippen LogP contribution >= 0.6 is 0 Å². The number of nitrogens with one attached hydrogen (secondary N) is 1. The van der Waals surface area contributed by atoms with E-state index in [4.69, 9.17) is 14.8 Å². The average Bonchev–Trinajstić information content (AvgIpc) is 3.25. The maximum Gasteiger partial charge on any atom is 0.155 e. The Hall–Kier alpha value is -3.36. The van der Waals surface area contributed by atoms with Crippen molar-refractivity contribution in [3.05, 3.63) is 66.7 Å². The Bertz CT molecular complexity index is 1260. The van der Waals surface area contributed by atoms with Crippen LogP contribution in [0.25, 0.3) is 28.2 Å². The SMILES string of the molecule is Fc1ccc(-c2nc3ccc(N4CCC5(CC4)CNCCO5)nn3c2-c2ccncc2)cc1. The zero-order valence-corrected chi connectivity index (χ0v) is 18.2. The van der Waals surface area contributed by atoms with Gasteiger partial charge in [0.15, 0.2) is 5.65 Å². The monoisotopic (exact) mass is 444 g/mol. The fourth-order valence-electron chi connectivity index (χ4n) is 4.84. The number of anilines is 1. The Morgan fingerprint density at radius 1 is 0.939 bits per heavy atom. The lowest BCUT2D eigenvalue weighted by atomic mass is 9.90. The first-order chi connectivity index (χ1) is 16.2. The summed E-state index contributed by atoms with van der Waals surface area (Å²) in [6.45, 7) is 4.41. The molecule has 0 unspecified atom stereocenters. The van der Waals surface area contributed by atoms with Gasteiger partial charge in [-0.25, -0.2) is 13.9 Å². The fraction of sp³-hybridized carbons (Fsp3) is 0.320. The summed E-state index contributed by atoms with van der Waals surface area (Å²) >= 11 is 0. The summed E-state index contributed by atoms with van der Waals surface area (Å²) in [5, 5.41) is 8.47. The van der Waals surface area contributed by atoms with Crippen LogP contribution in [0.15, 0.2) is 60.9 Å². The highest BCUT2D eigenvalue weighted by Gasteiger charge is 2.37. The van der Waals surface area contributed by atoms with Crippen LogP contribution in [0.2, 0.25) is 0 Å². The molecular formula is C25H25FN6O. The van der Waals surface area contributed by atoms with E-state index in [0.717, 1.165) is 79.6 Å². The number of halogens is 1. The van der Waals surface area contributed by atoms with E-state index in [0.29, 0.717) is 0 Å². The number of nitrogens with zero attached hydrogens (tertiary/aromatic N) is 5. The number of hydrogen-bond donors (Lipinski definition) is 1. The van der Waals surface area contributed by atoms with Crippen LogP contribution in [-0.4, -0.2) is 58.0 Å². The molecule has 0 amide bonds. The normalized spacial score (nSPS) is 18.2. The largest absolute Gasteiger partial charge is 0.372 e. The molecule has 2 fully saturated rings. The summed E-state index contributed by atoms with van der Waals surface area (Å²) in [6, 6.07) is 14.4. The number of imidazole rings is 1. The zero-order valence-electron chi connectivity index (χ0n) is 18.2. The number of benzene rings is 1. The van der Waals surface area contributed by atoms with Gasteiger partial charge in [0.05, 0.1) is 17.9 Å². The number of pyridine rings is 1. The molecule has 2 aliphatic rings. The second-order valence-corrected chi connectivity index (χ2v) is 8.71. The van der Waals surface area contributed by atoms with E-state index in [1.165, 1.54) is 12.1 Å². The lowest BCUT2D eigenvalue weighted by molar-refractivity contribution is -0.0800. The minimum Gasteiger partial charge on any atom is -0.372 e. The Balaban J connectivity index is 1.40. The van der Waals surface area contributed by atoms with Gasteiger partial charge >= 0.3 is 0 Å². The second kappa shape index (κ2) is 8.20. The van der Waals surface area contributed by atoms with Gasteiger partial charge in [0.1, 0.15) is 17.3 Å². The van der Waals surface area contributed by atoms with E-state index >= 15 is 0 Å². The van der Waals surface area contributed by atoms with Gasteiger partial charge in [-0.05, 0) is 61.4 Å². The molecule has 8 heteroatoms. The molecule has 168 valence electrons. The quantitative estimate of drug-likeness (QED) is 0.521. The minimum absolute atomic E-state index is 0.0498. The molecule has 1 N–H and O–H groups in total. The summed E-state index contributed by atoms with van der Waals surface area (Å²) in [4.78, 5) is 11.3. The molecule has 3 aromatic heterocycles. The Kier molecular flexibility index (Phi) is 5.04. The van der Waals surface area contributed by atoms with Crippen LogP contribution in [-0.2, 0) is 4.74 Å². The minimum atomic E-state index is -0.270. The summed E-state index contributed by atoms with van der Waals surface area (Å²) in [6.07, 6.45) is 5.47. The smallest absolute Gasteiger partial charge is 0.155 e. The van der Waals surface area contributed by atoms with Crippen molar-refractivity contribution in [2.75, 3.05) is 37.7 Å². The van der Waals surface area contributed by atoms with Gasteiger partial charge in [-0.15, -0.1) is 5.10 Å². The number of ether oxygens (including phenoxy) is 1. The van der Waals surface area contributed by atoms with Crippen molar-refractivity contribution in [1.82, 2.24) is 24.9 Å². The number of morpholine rings is 1. The van der Waals surface area contributed by atoms with Gasteiger partial charge in [0, 0.05) is 49.7 Å². The summed E-state index contributed by atoms with van der Waals surface area (Å²) in [5.74, 6) is 0.646. The van der Waals surface area contributed by atoms with Crippen LogP contribution in [0.1, 0.15) is 12.8 Å². The molecule has 0 saturated carbocycles. The molecule has 1 spiro atoms. The van der Waals surface area contributed by atoms with Crippen molar-refractivity contribution < 1.29 is 9.13 Å². The van der Waals surface area contributed by atoms with Crippen molar-refractivity contribution in [2.45, 2.75) is 18.4 Å². The highest BCUT2D eigenvalue weighted by Crippen LogP contribution is 2.34. The molecule has 0 radical (unpaired) electrons. The second-order valence-electron chi connectivity index (χ2n) is 8.71. The molecule has 0 atom stereocenters. The van der Waals surface area contributed by atoms with Crippen LogP contribution in [0.5, 0.6) is 0 Å². The van der Waals surface area contributed by atoms with Crippen LogP contribution in [0.3, 0.4) is 0 Å². The molecule has 5 heterocycles. The maximum absolute atomic E-state index is 13.6. The zero-order chi connectivity index (χ0) is 22.3. The standard InChI is InChI=1S/C25H25FN6O/c26-20-3-1-18(2-4-20)23-24(19-7-11-27-12-8-19)32-21(29-23)5-6-22(30-32)31-14-9-25(10-15-31)17-28-13-16-33-25/h1-8,11-12,28H,9-10,13-17H2. The van der Waals surface area contributed by atoms with E-state index in [-0.39, 0.29) is 11.4 Å². The first-order valence-electron chi connectivity index (χ1n) is 11.4. The van der Waals surface area contributed by atoms with Crippen molar-refractivity contribution in [3.8, 4) is 22.5 Å². The third-order valence-corrected chi connectivity index (χ3v) is 6.67. The fourth-order valence-corrected chi connectivity index (χ4v) is 4.84. The summed E-state index contributed by atoms with van der Waals surface area (Å²) in [5.41, 5.74) is 4.14. The molecule has 2 saturated heterocycles. The topological polar surface area (TPSA) is 67.6 Å². The predicted molar refractivity (Wildman–Crippen MR) is 125 cm³/mol. The lowest BCUT2D eigenvalue weighted by Gasteiger charge is -2.44. The van der Waals surface area contributed by atoms with E-state index in [1.807, 2.05) is 28.8 Å². The van der Waals surface area contributed by atoms with Gasteiger partial charge in [-0.1, -0.05) is 0 Å². The van der Waals surface area contributed by atoms with E-state index < -0.39 is 0 Å². The van der Waals surface area contributed by atoms with Gasteiger partial charge in [0.25, 0.3) is 0 Å². The number of aromatic nitrogens is 4. The highest BCUT2D eigenvalue weighted by atomic mass is 19.1. The Morgan fingerprint density at radius 3 is 2.45 bits per heavy atom. The van der Waals surface area contributed by atoms with Crippen molar-refractivity contribution >= 4 is 11.5 Å². The van der Waals surface area contributed by atoms with E-state index in [2.05, 4.69) is 15.2 Å². The number of fused-ring (bicyclic) bond motifs is 1. The predicted octanol–water partition coefficient (Wildman–Crippen LogP) is 3.56. The molecule has 6 rings (SSSR count). The Labute approximate surface area is 191 Å². The molecule has 1 aromatic carbocycles. The molecule has 4 aromatic rings. The van der Waals surface area contributed by atoms with Crippen LogP contribution < -0.4 is 10.2 Å². The van der Waals surface area contributed by atoms with Gasteiger partial charge in [0.2, 0.25) is 0 Å². The molecular weight excluding hydrogens is 419 g/mol. The van der Waals surface area contributed by atoms with E-state index in [9.17, 15) is 4.39 Å². The molecule has 33 heavy (non-hydrogen) atoms. The number of piperidine rings is 1. The first kappa shape index (κ1) is 20.3. The molecule has 7 nitrogen and oxygen atoms in total. The van der Waals surface area contributed by atoms with E-state index in [1.54, 1.807) is 24.5 Å². The summed E-state index contributed by atoms with van der Waals surface area (Å²) < 4.78 is 21.6. The van der Waals surface area contributed by atoms with Crippen LogP contribution in [0.4, 0.5) is 10.2 Å². The number of hydrogen-bond acceptors (Lipinski definition) is 6. The van der Waals surface area contributed by atoms with Crippen LogP contribution in [0, 0.1) is 5.82 Å². The van der Waals surface area contributed by atoms with Crippen molar-refractivity contribution in [2.24, 2.45) is 0 Å². The Morgan fingerprint density at radius 2 is 1.73 bits per heavy atom. The molecule has 2 aliphatic heterocycles. The first-order valence-corrected chi connectivity index (χ1v) is 11.4. The molecule has 0 bridgehead atoms. The van der Waals surface area contributed by atoms with Crippen molar-refractivity contribution in [1.29, 1.82) is 0 Å². The average molecular weight is 445 g/mol. The van der Waals surface area contributed by atoms with Gasteiger partial charge < -0.3 is 15.0 Å². The highest BCUT2D eigenvalue weighted by molar-refractivity contribution is 5.81. The van der Waals surface area contributed by atoms with Crippen molar-refractivity contribution in [3.63, 3.8) is 0 Å². The molecule has 0 aliphatic carbocycles. The van der Waals surface area contributed by atoms with Gasteiger partial charge in [-0.3, -0.25) is 4.98 Å². The third kappa shape index (κ3) is 3.75. The maximum atomic E-state index is 13.6.